The zero-order chi connectivity index (χ0) is 23.2. The van der Waals surface area contributed by atoms with Gasteiger partial charge in [-0.3, -0.25) is 0 Å². The lowest BCUT2D eigenvalue weighted by atomic mass is 9.84. The second-order valence-corrected chi connectivity index (χ2v) is 9.91. The summed E-state index contributed by atoms with van der Waals surface area (Å²) < 4.78 is 5.91. The molecule has 0 radical (unpaired) electrons. The molecule has 1 heterocycles. The van der Waals surface area contributed by atoms with Crippen LogP contribution in [0.4, 0.5) is 5.13 Å². The van der Waals surface area contributed by atoms with Crippen LogP contribution in [0, 0.1) is 6.92 Å². The molecule has 0 unspecified atom stereocenters. The molecule has 0 aliphatic heterocycles. The second kappa shape index (κ2) is 10.8. The van der Waals surface area contributed by atoms with Crippen LogP contribution in [0.3, 0.4) is 0 Å². The molecule has 0 N–H and O–H groups in total. The fourth-order valence-corrected chi connectivity index (χ4v) is 5.24. The minimum Gasteiger partial charge on any atom is -0.489 e. The molecule has 3 nitrogen and oxygen atoms in total. The van der Waals surface area contributed by atoms with Gasteiger partial charge in [-0.2, -0.15) is 0 Å². The second-order valence-electron chi connectivity index (χ2n) is 9.08. The first kappa shape index (κ1) is 22.5. The van der Waals surface area contributed by atoms with Crippen molar-refractivity contribution in [2.75, 3.05) is 0 Å². The Morgan fingerprint density at radius 1 is 0.971 bits per heavy atom. The fraction of sp³-hybridized carbons (Fsp3) is 0.267. The van der Waals surface area contributed by atoms with Crippen LogP contribution in [0.15, 0.2) is 83.2 Å². The molecule has 5 rings (SSSR count). The summed E-state index contributed by atoms with van der Waals surface area (Å²) in [4.78, 5) is 9.31. The zero-order valence-electron chi connectivity index (χ0n) is 19.6. The van der Waals surface area contributed by atoms with Crippen LogP contribution < -0.4 is 4.74 Å². The third-order valence-electron chi connectivity index (χ3n) is 6.47. The summed E-state index contributed by atoms with van der Waals surface area (Å²) in [5, 5.41) is 2.86. The van der Waals surface area contributed by atoms with Gasteiger partial charge < -0.3 is 4.74 Å². The number of benzene rings is 3. The van der Waals surface area contributed by atoms with Crippen LogP contribution in [0.25, 0.3) is 11.3 Å². The average molecular weight is 467 g/mol. The van der Waals surface area contributed by atoms with Crippen LogP contribution in [0.5, 0.6) is 5.75 Å². The maximum Gasteiger partial charge on any atom is 0.209 e. The molecule has 4 aromatic rings. The van der Waals surface area contributed by atoms with Crippen molar-refractivity contribution in [3.05, 3.63) is 100 Å². The van der Waals surface area contributed by atoms with Crippen LogP contribution >= 0.6 is 11.3 Å². The Morgan fingerprint density at radius 3 is 2.53 bits per heavy atom. The van der Waals surface area contributed by atoms with Gasteiger partial charge in [-0.25, -0.2) is 9.98 Å². The van der Waals surface area contributed by atoms with E-state index in [2.05, 4.69) is 65.8 Å². The molecule has 1 aromatic heterocycles. The van der Waals surface area contributed by atoms with Gasteiger partial charge in [0.1, 0.15) is 12.4 Å². The monoisotopic (exact) mass is 466 g/mol. The Morgan fingerprint density at radius 2 is 1.76 bits per heavy atom. The van der Waals surface area contributed by atoms with E-state index in [4.69, 9.17) is 9.72 Å². The third kappa shape index (κ3) is 5.81. The van der Waals surface area contributed by atoms with Gasteiger partial charge in [0.05, 0.1) is 5.69 Å². The first-order valence-electron chi connectivity index (χ1n) is 12.1. The summed E-state index contributed by atoms with van der Waals surface area (Å²) in [6.45, 7) is 2.66. The normalized spacial score (nSPS) is 14.5. The quantitative estimate of drug-likeness (QED) is 0.256. The predicted octanol–water partition coefficient (Wildman–Crippen LogP) is 8.50. The summed E-state index contributed by atoms with van der Waals surface area (Å²) in [7, 11) is 0. The highest BCUT2D eigenvalue weighted by molar-refractivity contribution is 7.13. The molecule has 172 valence electrons. The van der Waals surface area contributed by atoms with Gasteiger partial charge in [0.25, 0.3) is 0 Å². The Balaban J connectivity index is 1.18. The molecule has 34 heavy (non-hydrogen) atoms. The van der Waals surface area contributed by atoms with E-state index in [0.29, 0.717) is 6.61 Å². The van der Waals surface area contributed by atoms with Gasteiger partial charge in [-0.15, -0.1) is 11.3 Å². The smallest absolute Gasteiger partial charge is 0.209 e. The van der Waals surface area contributed by atoms with E-state index in [1.807, 2.05) is 30.5 Å². The number of nitrogens with zero attached hydrogens (tertiary/aromatic N) is 2. The van der Waals surface area contributed by atoms with Crippen LogP contribution in [-0.4, -0.2) is 11.2 Å². The van der Waals surface area contributed by atoms with Gasteiger partial charge in [-0.1, -0.05) is 73.4 Å². The summed E-state index contributed by atoms with van der Waals surface area (Å²) in [5.74, 6) is 1.59. The lowest BCUT2D eigenvalue weighted by Gasteiger charge is -2.22. The number of rotatable bonds is 7. The van der Waals surface area contributed by atoms with Gasteiger partial charge in [0, 0.05) is 17.2 Å². The summed E-state index contributed by atoms with van der Waals surface area (Å²) in [6.07, 6.45) is 8.64. The number of thiazole rings is 1. The molecule has 0 saturated heterocycles. The van der Waals surface area contributed by atoms with Crippen molar-refractivity contribution in [2.24, 2.45) is 4.99 Å². The highest BCUT2D eigenvalue weighted by atomic mass is 32.1. The van der Waals surface area contributed by atoms with Gasteiger partial charge in [0.15, 0.2) is 0 Å². The summed E-state index contributed by atoms with van der Waals surface area (Å²) >= 11 is 1.57. The highest BCUT2D eigenvalue weighted by Crippen LogP contribution is 2.34. The lowest BCUT2D eigenvalue weighted by Crippen LogP contribution is -2.04. The van der Waals surface area contributed by atoms with Crippen LogP contribution in [-0.2, 0) is 6.61 Å². The molecule has 0 amide bonds. The Bertz CT molecular complexity index is 1240. The Labute approximate surface area is 206 Å². The highest BCUT2D eigenvalue weighted by Gasteiger charge is 2.15. The molecule has 1 aliphatic rings. The van der Waals surface area contributed by atoms with Crippen molar-refractivity contribution in [2.45, 2.75) is 51.6 Å². The Hall–Kier alpha value is -3.24. The minimum atomic E-state index is 0.568. The molecule has 1 saturated carbocycles. The molecule has 0 atom stereocenters. The van der Waals surface area contributed by atoms with E-state index in [9.17, 15) is 0 Å². The van der Waals surface area contributed by atoms with Crippen molar-refractivity contribution in [1.82, 2.24) is 4.98 Å². The molecule has 4 heteroatoms. The number of aromatic nitrogens is 1. The molecule has 0 spiro atoms. The predicted molar refractivity (Wildman–Crippen MR) is 143 cm³/mol. The topological polar surface area (TPSA) is 34.5 Å². The number of aryl methyl sites for hydroxylation is 1. The molecule has 3 aromatic carbocycles. The number of ether oxygens (including phenoxy) is 1. The van der Waals surface area contributed by atoms with Crippen molar-refractivity contribution in [3.63, 3.8) is 0 Å². The SMILES string of the molecule is Cc1cccc(COc2ccc(C=Nc3nc(-c4ccc(C5CCCCC5)cc4)cs3)cc2)c1. The molecular formula is C30H30N2OS. The van der Waals surface area contributed by atoms with Crippen molar-refractivity contribution in [1.29, 1.82) is 0 Å². The maximum absolute atomic E-state index is 5.91. The first-order valence-corrected chi connectivity index (χ1v) is 13.0. The van der Waals surface area contributed by atoms with Gasteiger partial charge in [0.2, 0.25) is 5.13 Å². The largest absolute Gasteiger partial charge is 0.489 e. The number of aliphatic imine (C=N–C) groups is 1. The standard InChI is InChI=1S/C30H30N2OS/c1-22-6-5-7-24(18-22)20-33-28-16-10-23(11-17-28)19-31-30-32-29(21-34-30)27-14-12-26(13-15-27)25-8-3-2-4-9-25/h5-7,10-19,21,25H,2-4,8-9,20H2,1H3. The van der Waals surface area contributed by atoms with Crippen LogP contribution in [0.2, 0.25) is 0 Å². The third-order valence-corrected chi connectivity index (χ3v) is 7.22. The number of hydrogen-bond donors (Lipinski definition) is 0. The molecular weight excluding hydrogens is 436 g/mol. The maximum atomic E-state index is 5.91. The molecule has 1 fully saturated rings. The number of hydrogen-bond acceptors (Lipinski definition) is 4. The zero-order valence-corrected chi connectivity index (χ0v) is 20.4. The summed E-state index contributed by atoms with van der Waals surface area (Å²) in [5.41, 5.74) is 7.07. The van der Waals surface area contributed by atoms with Crippen molar-refractivity contribution in [3.8, 4) is 17.0 Å². The van der Waals surface area contributed by atoms with Crippen molar-refractivity contribution >= 4 is 22.7 Å². The van der Waals surface area contributed by atoms with E-state index in [-0.39, 0.29) is 0 Å². The van der Waals surface area contributed by atoms with E-state index in [1.54, 1.807) is 11.3 Å². The van der Waals surface area contributed by atoms with Crippen LogP contribution in [0.1, 0.15) is 60.3 Å². The Kier molecular flexibility index (Phi) is 7.16. The van der Waals surface area contributed by atoms with Gasteiger partial charge in [-0.05, 0) is 66.6 Å². The van der Waals surface area contributed by atoms with E-state index in [0.717, 1.165) is 33.6 Å². The first-order chi connectivity index (χ1) is 16.7. The van der Waals surface area contributed by atoms with E-state index >= 15 is 0 Å². The molecule has 0 bridgehead atoms. The van der Waals surface area contributed by atoms with Crippen molar-refractivity contribution < 1.29 is 4.74 Å². The lowest BCUT2D eigenvalue weighted by molar-refractivity contribution is 0.306. The van der Waals surface area contributed by atoms with E-state index < -0.39 is 0 Å². The molecule has 1 aliphatic carbocycles. The van der Waals surface area contributed by atoms with E-state index in [1.165, 1.54) is 48.8 Å². The minimum absolute atomic E-state index is 0.568. The van der Waals surface area contributed by atoms with Gasteiger partial charge >= 0.3 is 0 Å². The average Bonchev–Trinajstić information content (AvgIpc) is 3.37. The fourth-order valence-electron chi connectivity index (χ4n) is 4.57. The summed E-state index contributed by atoms with van der Waals surface area (Å²) in [6, 6.07) is 25.4.